The summed E-state index contributed by atoms with van der Waals surface area (Å²) in [6, 6.07) is 8.81. The summed E-state index contributed by atoms with van der Waals surface area (Å²) in [4.78, 5) is 0. The van der Waals surface area contributed by atoms with Crippen LogP contribution in [0.1, 0.15) is 18.1 Å². The Morgan fingerprint density at radius 1 is 1.10 bits per heavy atom. The molecule has 0 spiro atoms. The number of ether oxygens (including phenoxy) is 2. The molecule has 0 radical (unpaired) electrons. The molecule has 0 bridgehead atoms. The van der Waals surface area contributed by atoms with Crippen LogP contribution < -0.4 is 15.2 Å². The van der Waals surface area contributed by atoms with Gasteiger partial charge in [-0.25, -0.2) is 0 Å². The lowest BCUT2D eigenvalue weighted by atomic mass is 9.97. The van der Waals surface area contributed by atoms with Gasteiger partial charge >= 0.3 is 6.29 Å². The van der Waals surface area contributed by atoms with Crippen LogP contribution in [0.4, 0.5) is 14.5 Å². The van der Waals surface area contributed by atoms with Crippen molar-refractivity contribution in [3.05, 3.63) is 41.5 Å². The van der Waals surface area contributed by atoms with E-state index in [1.165, 1.54) is 0 Å². The maximum absolute atomic E-state index is 13.1. The zero-order chi connectivity index (χ0) is 15.2. The molecular weight excluding hydrogens is 276 g/mol. The molecule has 1 aliphatic rings. The Bertz CT molecular complexity index is 714. The lowest BCUT2D eigenvalue weighted by molar-refractivity contribution is -0.286. The van der Waals surface area contributed by atoms with Crippen molar-refractivity contribution in [3.63, 3.8) is 0 Å². The van der Waals surface area contributed by atoms with E-state index in [1.54, 1.807) is 12.1 Å². The normalized spacial score (nSPS) is 15.2. The van der Waals surface area contributed by atoms with Gasteiger partial charge in [-0.15, -0.1) is 8.78 Å². The van der Waals surface area contributed by atoms with E-state index in [0.717, 1.165) is 34.4 Å². The van der Waals surface area contributed by atoms with Gasteiger partial charge in [-0.2, -0.15) is 0 Å². The lowest BCUT2D eigenvalue weighted by Crippen LogP contribution is -2.25. The minimum absolute atomic E-state index is 0.0514. The summed E-state index contributed by atoms with van der Waals surface area (Å²) in [5, 5.41) is 0. The number of hydrogen-bond donors (Lipinski definition) is 1. The molecule has 0 atom stereocenters. The van der Waals surface area contributed by atoms with Crippen LogP contribution in [0.5, 0.6) is 11.5 Å². The first-order valence-corrected chi connectivity index (χ1v) is 6.69. The molecule has 0 saturated heterocycles. The van der Waals surface area contributed by atoms with Gasteiger partial charge in [0.05, 0.1) is 0 Å². The molecule has 0 aromatic heterocycles. The Balaban J connectivity index is 2.08. The van der Waals surface area contributed by atoms with E-state index in [4.69, 9.17) is 5.73 Å². The predicted molar refractivity (Wildman–Crippen MR) is 76.6 cm³/mol. The molecule has 2 aromatic rings. The summed E-state index contributed by atoms with van der Waals surface area (Å²) in [6.45, 7) is 3.86. The Morgan fingerprint density at radius 2 is 1.76 bits per heavy atom. The number of fused-ring (bicyclic) bond motifs is 1. The van der Waals surface area contributed by atoms with Gasteiger partial charge in [0.1, 0.15) is 0 Å². The van der Waals surface area contributed by atoms with E-state index in [9.17, 15) is 8.78 Å². The lowest BCUT2D eigenvalue weighted by Gasteiger charge is -2.10. The van der Waals surface area contributed by atoms with E-state index in [-0.39, 0.29) is 11.5 Å². The first-order chi connectivity index (χ1) is 9.89. The van der Waals surface area contributed by atoms with Crippen molar-refractivity contribution in [1.29, 1.82) is 0 Å². The minimum Gasteiger partial charge on any atom is -0.399 e. The molecule has 3 nitrogen and oxygen atoms in total. The Labute approximate surface area is 121 Å². The third-order valence-electron chi connectivity index (χ3n) is 3.58. The van der Waals surface area contributed by atoms with Crippen LogP contribution in [-0.4, -0.2) is 6.29 Å². The second kappa shape index (κ2) is 4.62. The number of hydrogen-bond acceptors (Lipinski definition) is 3. The van der Waals surface area contributed by atoms with Gasteiger partial charge in [0, 0.05) is 5.69 Å². The second-order valence-electron chi connectivity index (χ2n) is 5.05. The fourth-order valence-electron chi connectivity index (χ4n) is 2.49. The molecule has 21 heavy (non-hydrogen) atoms. The van der Waals surface area contributed by atoms with Crippen molar-refractivity contribution < 1.29 is 18.3 Å². The van der Waals surface area contributed by atoms with Crippen molar-refractivity contribution in [2.24, 2.45) is 0 Å². The fourth-order valence-corrected chi connectivity index (χ4v) is 2.49. The molecule has 110 valence electrons. The van der Waals surface area contributed by atoms with E-state index >= 15 is 0 Å². The first kappa shape index (κ1) is 13.7. The number of benzene rings is 2. The molecule has 0 unspecified atom stereocenters. The third-order valence-corrected chi connectivity index (χ3v) is 3.58. The monoisotopic (exact) mass is 291 g/mol. The van der Waals surface area contributed by atoms with E-state index < -0.39 is 6.29 Å². The third kappa shape index (κ3) is 2.39. The number of aryl methyl sites for hydroxylation is 2. The zero-order valence-electron chi connectivity index (χ0n) is 11.7. The van der Waals surface area contributed by atoms with Crippen molar-refractivity contribution in [3.8, 4) is 22.6 Å². The van der Waals surface area contributed by atoms with Gasteiger partial charge in [0.25, 0.3) is 0 Å². The average molecular weight is 291 g/mol. The highest BCUT2D eigenvalue weighted by molar-refractivity contribution is 5.73. The molecule has 2 aromatic carbocycles. The molecule has 0 aliphatic carbocycles. The van der Waals surface area contributed by atoms with Gasteiger partial charge in [-0.3, -0.25) is 0 Å². The van der Waals surface area contributed by atoms with Crippen LogP contribution in [0.25, 0.3) is 11.1 Å². The smallest absolute Gasteiger partial charge is 0.399 e. The number of anilines is 1. The van der Waals surface area contributed by atoms with E-state index in [0.29, 0.717) is 0 Å². The highest BCUT2D eigenvalue weighted by Gasteiger charge is 2.43. The summed E-state index contributed by atoms with van der Waals surface area (Å²) in [7, 11) is 0. The molecule has 1 heterocycles. The van der Waals surface area contributed by atoms with E-state index in [2.05, 4.69) is 9.47 Å². The molecule has 0 amide bonds. The summed E-state index contributed by atoms with van der Waals surface area (Å²) < 4.78 is 35.2. The number of nitrogens with two attached hydrogens (primary N) is 1. The molecule has 0 fully saturated rings. The largest absolute Gasteiger partial charge is 0.586 e. The molecule has 3 rings (SSSR count). The molecule has 5 heteroatoms. The number of alkyl halides is 2. The number of rotatable bonds is 2. The maximum atomic E-state index is 13.1. The van der Waals surface area contributed by atoms with Gasteiger partial charge in [0.2, 0.25) is 0 Å². The fraction of sp³-hybridized carbons (Fsp3) is 0.250. The molecule has 2 N–H and O–H groups in total. The van der Waals surface area contributed by atoms with Crippen molar-refractivity contribution in [2.45, 2.75) is 26.6 Å². The van der Waals surface area contributed by atoms with Crippen molar-refractivity contribution in [1.82, 2.24) is 0 Å². The average Bonchev–Trinajstić information content (AvgIpc) is 2.71. The number of nitrogen functional groups attached to an aromatic ring is 1. The van der Waals surface area contributed by atoms with Crippen molar-refractivity contribution >= 4 is 5.69 Å². The SMILES string of the molecule is CCc1cc(-c2cc3c(cc2C)OC(F)(F)O3)ccc1N. The van der Waals surface area contributed by atoms with Gasteiger partial charge < -0.3 is 15.2 Å². The predicted octanol–water partition coefficient (Wildman–Crippen LogP) is 4.13. The van der Waals surface area contributed by atoms with Crippen LogP contribution in [0.2, 0.25) is 0 Å². The first-order valence-electron chi connectivity index (χ1n) is 6.69. The zero-order valence-corrected chi connectivity index (χ0v) is 11.7. The second-order valence-corrected chi connectivity index (χ2v) is 5.05. The van der Waals surface area contributed by atoms with Crippen LogP contribution in [0.3, 0.4) is 0 Å². The summed E-state index contributed by atoms with van der Waals surface area (Å²) >= 11 is 0. The van der Waals surface area contributed by atoms with Gasteiger partial charge in [0.15, 0.2) is 11.5 Å². The Morgan fingerprint density at radius 3 is 2.43 bits per heavy atom. The van der Waals surface area contributed by atoms with Crippen LogP contribution in [-0.2, 0) is 6.42 Å². The maximum Gasteiger partial charge on any atom is 0.586 e. The molecular formula is C16H15F2NO2. The summed E-state index contributed by atoms with van der Waals surface area (Å²) in [5.41, 5.74) is 10.2. The van der Waals surface area contributed by atoms with Crippen LogP contribution in [0.15, 0.2) is 30.3 Å². The summed E-state index contributed by atoms with van der Waals surface area (Å²) in [5.74, 6) is 0.114. The quantitative estimate of drug-likeness (QED) is 0.846. The van der Waals surface area contributed by atoms with Crippen molar-refractivity contribution in [2.75, 3.05) is 5.73 Å². The molecule has 1 aliphatic heterocycles. The Hall–Kier alpha value is -2.30. The summed E-state index contributed by atoms with van der Waals surface area (Å²) in [6.07, 6.45) is -2.79. The molecule has 0 saturated carbocycles. The minimum atomic E-state index is -3.59. The number of halogens is 2. The Kier molecular flexibility index (Phi) is 3.01. The topological polar surface area (TPSA) is 44.5 Å². The van der Waals surface area contributed by atoms with Crippen LogP contribution in [0, 0.1) is 6.92 Å². The van der Waals surface area contributed by atoms with Crippen LogP contribution >= 0.6 is 0 Å². The van der Waals surface area contributed by atoms with Gasteiger partial charge in [-0.05, 0) is 59.9 Å². The van der Waals surface area contributed by atoms with E-state index in [1.807, 2.05) is 32.0 Å². The van der Waals surface area contributed by atoms with Gasteiger partial charge in [-0.1, -0.05) is 13.0 Å². The highest BCUT2D eigenvalue weighted by atomic mass is 19.3. The highest BCUT2D eigenvalue weighted by Crippen LogP contribution is 2.44. The standard InChI is InChI=1S/C16H15F2NO2/c1-3-10-7-11(4-5-13(10)19)12-8-15-14(6-9(12)2)20-16(17,18)21-15/h4-8H,3,19H2,1-2H3.